The SMILES string of the molecule is CCOC(=O)c1cccc(NC(=O)CSCc2cc(C)cc(C)c2)c1C. The summed E-state index contributed by atoms with van der Waals surface area (Å²) >= 11 is 1.57. The number of hydrogen-bond acceptors (Lipinski definition) is 4. The van der Waals surface area contributed by atoms with Gasteiger partial charge in [0.1, 0.15) is 0 Å². The predicted molar refractivity (Wildman–Crippen MR) is 108 cm³/mol. The van der Waals surface area contributed by atoms with E-state index in [-0.39, 0.29) is 11.9 Å². The summed E-state index contributed by atoms with van der Waals surface area (Å²) in [6.07, 6.45) is 0. The zero-order chi connectivity index (χ0) is 19.1. The lowest BCUT2D eigenvalue weighted by Crippen LogP contribution is -2.16. The molecule has 26 heavy (non-hydrogen) atoms. The normalized spacial score (nSPS) is 10.5. The van der Waals surface area contributed by atoms with E-state index in [1.54, 1.807) is 36.9 Å². The van der Waals surface area contributed by atoms with Crippen LogP contribution in [0.5, 0.6) is 0 Å². The van der Waals surface area contributed by atoms with Gasteiger partial charge in [0.2, 0.25) is 5.91 Å². The highest BCUT2D eigenvalue weighted by molar-refractivity contribution is 7.99. The maximum atomic E-state index is 12.2. The molecule has 0 aliphatic carbocycles. The first-order chi connectivity index (χ1) is 12.4. The van der Waals surface area contributed by atoms with Crippen molar-refractivity contribution in [2.45, 2.75) is 33.4 Å². The number of esters is 1. The van der Waals surface area contributed by atoms with E-state index in [9.17, 15) is 9.59 Å². The van der Waals surface area contributed by atoms with Gasteiger partial charge in [0.25, 0.3) is 0 Å². The Morgan fingerprint density at radius 1 is 1.08 bits per heavy atom. The van der Waals surface area contributed by atoms with Crippen LogP contribution in [0.3, 0.4) is 0 Å². The van der Waals surface area contributed by atoms with Gasteiger partial charge in [0, 0.05) is 11.4 Å². The van der Waals surface area contributed by atoms with Crippen molar-refractivity contribution in [2.24, 2.45) is 0 Å². The van der Waals surface area contributed by atoms with E-state index in [1.807, 2.05) is 6.92 Å². The number of hydrogen-bond donors (Lipinski definition) is 1. The van der Waals surface area contributed by atoms with Crippen molar-refractivity contribution in [3.8, 4) is 0 Å². The van der Waals surface area contributed by atoms with Crippen LogP contribution in [0.4, 0.5) is 5.69 Å². The van der Waals surface area contributed by atoms with Crippen LogP contribution < -0.4 is 5.32 Å². The number of amides is 1. The monoisotopic (exact) mass is 371 g/mol. The molecule has 0 saturated carbocycles. The molecule has 0 aliphatic heterocycles. The fraction of sp³-hybridized carbons (Fsp3) is 0.333. The molecule has 2 aromatic carbocycles. The summed E-state index contributed by atoms with van der Waals surface area (Å²) in [5, 5.41) is 2.89. The Kier molecular flexibility index (Phi) is 7.27. The molecular formula is C21H25NO3S. The van der Waals surface area contributed by atoms with Gasteiger partial charge in [-0.15, -0.1) is 11.8 Å². The first-order valence-corrected chi connectivity index (χ1v) is 9.77. The van der Waals surface area contributed by atoms with Gasteiger partial charge in [-0.25, -0.2) is 4.79 Å². The van der Waals surface area contributed by atoms with Crippen LogP contribution in [0, 0.1) is 20.8 Å². The lowest BCUT2D eigenvalue weighted by Gasteiger charge is -2.12. The van der Waals surface area contributed by atoms with E-state index < -0.39 is 0 Å². The number of benzene rings is 2. The third kappa shape index (κ3) is 5.63. The van der Waals surface area contributed by atoms with Crippen LogP contribution in [0.2, 0.25) is 0 Å². The zero-order valence-electron chi connectivity index (χ0n) is 15.7. The molecule has 0 radical (unpaired) electrons. The lowest BCUT2D eigenvalue weighted by molar-refractivity contribution is -0.113. The minimum atomic E-state index is -0.370. The number of anilines is 1. The van der Waals surface area contributed by atoms with Gasteiger partial charge in [-0.3, -0.25) is 4.79 Å². The first-order valence-electron chi connectivity index (χ1n) is 8.62. The fourth-order valence-corrected chi connectivity index (χ4v) is 3.56. The van der Waals surface area contributed by atoms with Crippen LogP contribution in [0.25, 0.3) is 0 Å². The van der Waals surface area contributed by atoms with Gasteiger partial charge in [0.15, 0.2) is 0 Å². The summed E-state index contributed by atoms with van der Waals surface area (Å²) in [6.45, 7) is 8.06. The summed E-state index contributed by atoms with van der Waals surface area (Å²) in [6, 6.07) is 11.7. The standard InChI is InChI=1S/C21H25NO3S/c1-5-25-21(24)18-7-6-8-19(16(18)4)22-20(23)13-26-12-17-10-14(2)9-15(3)11-17/h6-11H,5,12-13H2,1-4H3,(H,22,23). The topological polar surface area (TPSA) is 55.4 Å². The predicted octanol–water partition coefficient (Wildman–Crippen LogP) is 4.66. The van der Waals surface area contributed by atoms with Crippen molar-refractivity contribution in [2.75, 3.05) is 17.7 Å². The molecule has 5 heteroatoms. The second-order valence-electron chi connectivity index (χ2n) is 6.24. The van der Waals surface area contributed by atoms with Crippen molar-refractivity contribution >= 4 is 29.3 Å². The van der Waals surface area contributed by atoms with Crippen LogP contribution in [-0.4, -0.2) is 24.2 Å². The summed E-state index contributed by atoms with van der Waals surface area (Å²) in [7, 11) is 0. The number of ether oxygens (including phenoxy) is 1. The van der Waals surface area contributed by atoms with Crippen LogP contribution in [0.1, 0.15) is 39.5 Å². The Morgan fingerprint density at radius 2 is 1.77 bits per heavy atom. The molecule has 1 N–H and O–H groups in total. The van der Waals surface area contributed by atoms with Gasteiger partial charge in [0.05, 0.1) is 17.9 Å². The van der Waals surface area contributed by atoms with Crippen molar-refractivity contribution < 1.29 is 14.3 Å². The zero-order valence-corrected chi connectivity index (χ0v) is 16.5. The molecule has 2 aromatic rings. The van der Waals surface area contributed by atoms with Crippen LogP contribution >= 0.6 is 11.8 Å². The van der Waals surface area contributed by atoms with E-state index in [0.717, 1.165) is 11.3 Å². The summed E-state index contributed by atoms with van der Waals surface area (Å²) in [5.74, 6) is 0.696. The number of carbonyl (C=O) groups excluding carboxylic acids is 2. The van der Waals surface area contributed by atoms with Crippen LogP contribution in [0.15, 0.2) is 36.4 Å². The quantitative estimate of drug-likeness (QED) is 0.719. The van der Waals surface area contributed by atoms with E-state index in [2.05, 4.69) is 37.4 Å². The molecule has 2 rings (SSSR count). The number of aryl methyl sites for hydroxylation is 2. The maximum Gasteiger partial charge on any atom is 0.338 e. The lowest BCUT2D eigenvalue weighted by atomic mass is 10.1. The molecule has 0 spiro atoms. The summed E-state index contributed by atoms with van der Waals surface area (Å²) < 4.78 is 5.05. The molecule has 0 fully saturated rings. The Morgan fingerprint density at radius 3 is 2.42 bits per heavy atom. The van der Waals surface area contributed by atoms with E-state index in [4.69, 9.17) is 4.74 Å². The highest BCUT2D eigenvalue weighted by Gasteiger charge is 2.14. The van der Waals surface area contributed by atoms with E-state index >= 15 is 0 Å². The molecule has 4 nitrogen and oxygen atoms in total. The Balaban J connectivity index is 1.93. The maximum absolute atomic E-state index is 12.2. The first kappa shape index (κ1) is 20.0. The van der Waals surface area contributed by atoms with Gasteiger partial charge in [-0.1, -0.05) is 35.4 Å². The number of rotatable bonds is 7. The molecule has 0 saturated heterocycles. The van der Waals surface area contributed by atoms with Gasteiger partial charge in [-0.05, 0) is 51.0 Å². The Bertz CT molecular complexity index is 782. The van der Waals surface area contributed by atoms with Gasteiger partial charge < -0.3 is 10.1 Å². The molecule has 1 amide bonds. The van der Waals surface area contributed by atoms with Crippen molar-refractivity contribution in [1.29, 1.82) is 0 Å². The fourth-order valence-electron chi connectivity index (χ4n) is 2.80. The highest BCUT2D eigenvalue weighted by Crippen LogP contribution is 2.21. The number of thioether (sulfide) groups is 1. The van der Waals surface area contributed by atoms with Crippen LogP contribution in [-0.2, 0) is 15.3 Å². The third-order valence-corrected chi connectivity index (χ3v) is 4.89. The van der Waals surface area contributed by atoms with Crippen molar-refractivity contribution in [3.05, 3.63) is 64.2 Å². The molecule has 0 unspecified atom stereocenters. The molecule has 138 valence electrons. The minimum absolute atomic E-state index is 0.0801. The van der Waals surface area contributed by atoms with E-state index in [0.29, 0.717) is 23.6 Å². The molecule has 0 aliphatic rings. The minimum Gasteiger partial charge on any atom is -0.462 e. The second kappa shape index (κ2) is 9.43. The molecular weight excluding hydrogens is 346 g/mol. The third-order valence-electron chi connectivity index (χ3n) is 3.89. The summed E-state index contributed by atoms with van der Waals surface area (Å²) in [5.41, 5.74) is 5.53. The smallest absolute Gasteiger partial charge is 0.338 e. The van der Waals surface area contributed by atoms with E-state index in [1.165, 1.54) is 16.7 Å². The molecule has 0 aromatic heterocycles. The molecule has 0 bridgehead atoms. The largest absolute Gasteiger partial charge is 0.462 e. The van der Waals surface area contributed by atoms with Crippen molar-refractivity contribution in [3.63, 3.8) is 0 Å². The number of carbonyl (C=O) groups is 2. The average molecular weight is 372 g/mol. The molecule has 0 heterocycles. The second-order valence-corrected chi connectivity index (χ2v) is 7.22. The van der Waals surface area contributed by atoms with Gasteiger partial charge in [-0.2, -0.15) is 0 Å². The average Bonchev–Trinajstić information content (AvgIpc) is 2.56. The molecule has 0 atom stereocenters. The number of nitrogens with one attached hydrogen (secondary N) is 1. The Hall–Kier alpha value is -2.27. The Labute approximate surface area is 159 Å². The van der Waals surface area contributed by atoms with Crippen molar-refractivity contribution in [1.82, 2.24) is 0 Å². The summed E-state index contributed by atoms with van der Waals surface area (Å²) in [4.78, 5) is 24.2. The highest BCUT2D eigenvalue weighted by atomic mass is 32.2. The van der Waals surface area contributed by atoms with Gasteiger partial charge >= 0.3 is 5.97 Å².